The number of fused-ring (bicyclic) bond motifs is 1. The summed E-state index contributed by atoms with van der Waals surface area (Å²) >= 11 is 0. The van der Waals surface area contributed by atoms with Crippen LogP contribution in [0.2, 0.25) is 0 Å². The Bertz CT molecular complexity index is 504. The summed E-state index contributed by atoms with van der Waals surface area (Å²) in [6.45, 7) is 0. The molecule has 2 rings (SSSR count). The van der Waals surface area contributed by atoms with Gasteiger partial charge in [0.05, 0.1) is 17.7 Å². The van der Waals surface area contributed by atoms with Gasteiger partial charge >= 0.3 is 5.97 Å². The van der Waals surface area contributed by atoms with Gasteiger partial charge in [-0.05, 0) is 12.1 Å². The normalized spacial score (nSPS) is 15.1. The summed E-state index contributed by atoms with van der Waals surface area (Å²) in [6, 6.07) is 6.51. The van der Waals surface area contributed by atoms with Gasteiger partial charge in [0.25, 0.3) is 0 Å². The van der Waals surface area contributed by atoms with Crippen molar-refractivity contribution in [3.8, 4) is 0 Å². The number of aliphatic hydroxyl groups excluding tert-OH is 1. The van der Waals surface area contributed by atoms with Crippen LogP contribution in [-0.2, 0) is 9.59 Å². The molecule has 0 bridgehead atoms. The first-order chi connectivity index (χ1) is 7.59. The van der Waals surface area contributed by atoms with Crippen LogP contribution in [0.3, 0.4) is 0 Å². The number of aliphatic carboxylic acids is 1. The molecule has 1 aliphatic heterocycles. The lowest BCUT2D eigenvalue weighted by Gasteiger charge is -2.05. The van der Waals surface area contributed by atoms with Crippen molar-refractivity contribution in [1.29, 1.82) is 0 Å². The molecule has 1 amide bonds. The van der Waals surface area contributed by atoms with Gasteiger partial charge in [0.2, 0.25) is 5.91 Å². The van der Waals surface area contributed by atoms with Crippen molar-refractivity contribution in [3.63, 3.8) is 0 Å². The van der Waals surface area contributed by atoms with Crippen molar-refractivity contribution in [2.75, 3.05) is 5.32 Å². The number of benzene rings is 1. The Morgan fingerprint density at radius 3 is 2.69 bits per heavy atom. The number of carboxylic acids is 1. The predicted octanol–water partition coefficient (Wildman–Crippen LogP) is 1.38. The van der Waals surface area contributed by atoms with Crippen LogP contribution in [0.1, 0.15) is 12.0 Å². The van der Waals surface area contributed by atoms with Crippen LogP contribution in [0.5, 0.6) is 0 Å². The first-order valence-electron chi connectivity index (χ1n) is 4.64. The zero-order valence-corrected chi connectivity index (χ0v) is 8.23. The molecule has 5 nitrogen and oxygen atoms in total. The van der Waals surface area contributed by atoms with E-state index in [9.17, 15) is 14.7 Å². The minimum Gasteiger partial charge on any atom is -0.507 e. The molecule has 1 aromatic rings. The van der Waals surface area contributed by atoms with E-state index in [1.165, 1.54) is 0 Å². The molecule has 3 N–H and O–H groups in total. The van der Waals surface area contributed by atoms with E-state index in [4.69, 9.17) is 5.11 Å². The average Bonchev–Trinajstić information content (AvgIpc) is 2.37. The molecule has 1 heterocycles. The summed E-state index contributed by atoms with van der Waals surface area (Å²) in [6.07, 6.45) is -0.337. The zero-order valence-electron chi connectivity index (χ0n) is 8.23. The monoisotopic (exact) mass is 219 g/mol. The maximum atomic E-state index is 11.4. The maximum Gasteiger partial charge on any atom is 0.335 e. The molecular weight excluding hydrogens is 210 g/mol. The summed E-state index contributed by atoms with van der Waals surface area (Å²) in [5.74, 6) is -2.10. The number of carbonyl (C=O) groups excluding carboxylic acids is 1. The molecule has 0 aromatic heterocycles. The topological polar surface area (TPSA) is 86.6 Å². The molecular formula is C11H9NO4. The van der Waals surface area contributed by atoms with Crippen LogP contribution in [0.4, 0.5) is 5.69 Å². The number of hydrogen-bond donors (Lipinski definition) is 3. The molecule has 0 spiro atoms. The minimum atomic E-state index is -1.29. The highest BCUT2D eigenvalue weighted by Crippen LogP contribution is 2.29. The highest BCUT2D eigenvalue weighted by atomic mass is 16.4. The van der Waals surface area contributed by atoms with Crippen LogP contribution in [0.25, 0.3) is 5.76 Å². The van der Waals surface area contributed by atoms with E-state index in [2.05, 4.69) is 5.32 Å². The number of nitrogens with one attached hydrogen (secondary N) is 1. The number of carboxylic acid groups (broad SMARTS) is 1. The van der Waals surface area contributed by atoms with Gasteiger partial charge < -0.3 is 15.5 Å². The van der Waals surface area contributed by atoms with E-state index in [-0.39, 0.29) is 17.8 Å². The summed E-state index contributed by atoms with van der Waals surface area (Å²) in [5, 5.41) is 21.2. The average molecular weight is 219 g/mol. The van der Waals surface area contributed by atoms with Gasteiger partial charge in [-0.3, -0.25) is 4.79 Å². The van der Waals surface area contributed by atoms with Crippen molar-refractivity contribution < 1.29 is 19.8 Å². The largest absolute Gasteiger partial charge is 0.507 e. The second-order valence-electron chi connectivity index (χ2n) is 3.40. The standard InChI is InChI=1S/C11H9NO4/c13-9-5-7(11(15)16)10(14)6-3-1-2-4-8(6)12-9/h1-4,14H,5H2,(H,12,13)(H,15,16). The minimum absolute atomic E-state index is 0.289. The fourth-order valence-electron chi connectivity index (χ4n) is 1.58. The van der Waals surface area contributed by atoms with E-state index in [0.717, 1.165) is 0 Å². The van der Waals surface area contributed by atoms with Crippen molar-refractivity contribution in [3.05, 3.63) is 35.4 Å². The summed E-state index contributed by atoms with van der Waals surface area (Å²) < 4.78 is 0. The van der Waals surface area contributed by atoms with Gasteiger partial charge in [-0.25, -0.2) is 4.79 Å². The summed E-state index contributed by atoms with van der Waals surface area (Å²) in [7, 11) is 0. The third-order valence-corrected chi connectivity index (χ3v) is 2.34. The molecule has 1 aliphatic rings. The highest BCUT2D eigenvalue weighted by molar-refractivity contribution is 6.07. The van der Waals surface area contributed by atoms with Crippen LogP contribution in [-0.4, -0.2) is 22.1 Å². The van der Waals surface area contributed by atoms with Gasteiger partial charge in [0.1, 0.15) is 5.76 Å². The Labute approximate surface area is 91.0 Å². The van der Waals surface area contributed by atoms with Gasteiger partial charge in [0, 0.05) is 5.56 Å². The fraction of sp³-hybridized carbons (Fsp3) is 0.0909. The van der Waals surface area contributed by atoms with Gasteiger partial charge in [-0.2, -0.15) is 0 Å². The van der Waals surface area contributed by atoms with Gasteiger partial charge in [-0.1, -0.05) is 12.1 Å². The number of anilines is 1. The number of para-hydroxylation sites is 1. The Hall–Kier alpha value is -2.30. The molecule has 0 fully saturated rings. The molecule has 82 valence electrons. The van der Waals surface area contributed by atoms with Crippen molar-refractivity contribution >= 4 is 23.3 Å². The lowest BCUT2D eigenvalue weighted by Crippen LogP contribution is -2.13. The van der Waals surface area contributed by atoms with Crippen LogP contribution < -0.4 is 5.32 Å². The lowest BCUT2D eigenvalue weighted by atomic mass is 10.1. The summed E-state index contributed by atoms with van der Waals surface area (Å²) in [5.41, 5.74) is 0.453. The molecule has 1 aromatic carbocycles. The molecule has 0 saturated heterocycles. The second-order valence-corrected chi connectivity index (χ2v) is 3.40. The zero-order chi connectivity index (χ0) is 11.7. The van der Waals surface area contributed by atoms with Crippen molar-refractivity contribution in [1.82, 2.24) is 0 Å². The first kappa shape index (κ1) is 10.2. The van der Waals surface area contributed by atoms with E-state index < -0.39 is 11.9 Å². The molecule has 5 heteroatoms. The highest BCUT2D eigenvalue weighted by Gasteiger charge is 2.24. The number of rotatable bonds is 1. The van der Waals surface area contributed by atoms with E-state index in [1.54, 1.807) is 24.3 Å². The molecule has 0 unspecified atom stereocenters. The van der Waals surface area contributed by atoms with E-state index >= 15 is 0 Å². The number of carbonyl (C=O) groups is 2. The molecule has 0 saturated carbocycles. The number of hydrogen-bond acceptors (Lipinski definition) is 3. The van der Waals surface area contributed by atoms with Crippen LogP contribution in [0, 0.1) is 0 Å². The van der Waals surface area contributed by atoms with Gasteiger partial charge in [0.15, 0.2) is 0 Å². The smallest absolute Gasteiger partial charge is 0.335 e. The Morgan fingerprint density at radius 2 is 2.00 bits per heavy atom. The molecule has 0 atom stereocenters. The lowest BCUT2D eigenvalue weighted by molar-refractivity contribution is -0.133. The maximum absolute atomic E-state index is 11.4. The third-order valence-electron chi connectivity index (χ3n) is 2.34. The van der Waals surface area contributed by atoms with E-state index in [1.807, 2.05) is 0 Å². The van der Waals surface area contributed by atoms with E-state index in [0.29, 0.717) is 11.3 Å². The molecule has 16 heavy (non-hydrogen) atoms. The molecule has 0 aliphatic carbocycles. The number of amides is 1. The van der Waals surface area contributed by atoms with Crippen LogP contribution in [0.15, 0.2) is 29.8 Å². The molecule has 0 radical (unpaired) electrons. The van der Waals surface area contributed by atoms with Crippen molar-refractivity contribution in [2.24, 2.45) is 0 Å². The van der Waals surface area contributed by atoms with Crippen LogP contribution >= 0.6 is 0 Å². The predicted molar refractivity (Wildman–Crippen MR) is 56.9 cm³/mol. The SMILES string of the molecule is O=C1CC(C(=O)O)=C(O)c2ccccc2N1. The Balaban J connectivity index is 2.64. The second kappa shape index (κ2) is 3.69. The summed E-state index contributed by atoms with van der Waals surface area (Å²) in [4.78, 5) is 22.3. The Kier molecular flexibility index (Phi) is 2.36. The third kappa shape index (κ3) is 1.63. The fourth-order valence-corrected chi connectivity index (χ4v) is 1.58. The van der Waals surface area contributed by atoms with Crippen molar-refractivity contribution in [2.45, 2.75) is 6.42 Å². The number of aliphatic hydroxyl groups is 1. The first-order valence-corrected chi connectivity index (χ1v) is 4.64. The Morgan fingerprint density at radius 1 is 1.31 bits per heavy atom. The van der Waals surface area contributed by atoms with Gasteiger partial charge in [-0.15, -0.1) is 0 Å². The quantitative estimate of drug-likeness (QED) is 0.666.